The van der Waals surface area contributed by atoms with Crippen molar-refractivity contribution < 1.29 is 14.3 Å². The highest BCUT2D eigenvalue weighted by Gasteiger charge is 2.25. The SMILES string of the molecule is COc1ccc(/C=C(/NC(=O)c2ccc(Cl)cc2)C(=O)N(C)C2CCCCC2)cc1. The second-order valence-electron chi connectivity index (χ2n) is 7.50. The lowest BCUT2D eigenvalue weighted by Crippen LogP contribution is -2.42. The number of halogens is 1. The van der Waals surface area contributed by atoms with Crippen LogP contribution in [0.2, 0.25) is 5.02 Å². The fraction of sp³-hybridized carbons (Fsp3) is 0.333. The zero-order valence-electron chi connectivity index (χ0n) is 17.4. The number of nitrogens with zero attached hydrogens (tertiary/aromatic N) is 1. The van der Waals surface area contributed by atoms with E-state index in [1.165, 1.54) is 6.42 Å². The molecule has 2 amide bonds. The third-order valence-corrected chi connectivity index (χ3v) is 5.71. The quantitative estimate of drug-likeness (QED) is 0.667. The summed E-state index contributed by atoms with van der Waals surface area (Å²) in [4.78, 5) is 27.8. The first-order valence-electron chi connectivity index (χ1n) is 10.2. The molecule has 0 bridgehead atoms. The van der Waals surface area contributed by atoms with Crippen molar-refractivity contribution in [1.82, 2.24) is 10.2 Å². The molecule has 3 rings (SSSR count). The van der Waals surface area contributed by atoms with Gasteiger partial charge >= 0.3 is 0 Å². The summed E-state index contributed by atoms with van der Waals surface area (Å²) in [6, 6.07) is 14.1. The monoisotopic (exact) mass is 426 g/mol. The summed E-state index contributed by atoms with van der Waals surface area (Å²) in [5.41, 5.74) is 1.48. The Balaban J connectivity index is 1.86. The average molecular weight is 427 g/mol. The predicted octanol–water partition coefficient (Wildman–Crippen LogP) is 4.91. The van der Waals surface area contributed by atoms with Gasteiger partial charge in [0.15, 0.2) is 0 Å². The fourth-order valence-corrected chi connectivity index (χ4v) is 3.76. The third kappa shape index (κ3) is 5.63. The molecule has 0 heterocycles. The second kappa shape index (κ2) is 10.3. The van der Waals surface area contributed by atoms with E-state index in [0.717, 1.165) is 37.0 Å². The van der Waals surface area contributed by atoms with Crippen LogP contribution < -0.4 is 10.1 Å². The maximum absolute atomic E-state index is 13.3. The third-order valence-electron chi connectivity index (χ3n) is 5.45. The molecule has 0 unspecified atom stereocenters. The topological polar surface area (TPSA) is 58.6 Å². The summed E-state index contributed by atoms with van der Waals surface area (Å²) in [7, 11) is 3.42. The first-order valence-corrected chi connectivity index (χ1v) is 10.6. The number of amides is 2. The van der Waals surface area contributed by atoms with Crippen LogP contribution in [0.15, 0.2) is 54.2 Å². The van der Waals surface area contributed by atoms with Gasteiger partial charge in [-0.05, 0) is 60.9 Å². The smallest absolute Gasteiger partial charge is 0.270 e. The van der Waals surface area contributed by atoms with E-state index in [1.54, 1.807) is 42.4 Å². The molecule has 1 aliphatic carbocycles. The van der Waals surface area contributed by atoms with Gasteiger partial charge in [0.05, 0.1) is 7.11 Å². The van der Waals surface area contributed by atoms with E-state index in [9.17, 15) is 9.59 Å². The number of hydrogen-bond acceptors (Lipinski definition) is 3. The lowest BCUT2D eigenvalue weighted by molar-refractivity contribution is -0.128. The highest BCUT2D eigenvalue weighted by Crippen LogP contribution is 2.23. The zero-order chi connectivity index (χ0) is 21.5. The van der Waals surface area contributed by atoms with Crippen molar-refractivity contribution in [2.45, 2.75) is 38.1 Å². The maximum atomic E-state index is 13.3. The van der Waals surface area contributed by atoms with Gasteiger partial charge in [-0.15, -0.1) is 0 Å². The van der Waals surface area contributed by atoms with Crippen LogP contribution in [-0.4, -0.2) is 36.9 Å². The van der Waals surface area contributed by atoms with E-state index in [-0.39, 0.29) is 23.6 Å². The van der Waals surface area contributed by atoms with Crippen LogP contribution in [0.3, 0.4) is 0 Å². The number of nitrogens with one attached hydrogen (secondary N) is 1. The van der Waals surface area contributed by atoms with Gasteiger partial charge in [-0.1, -0.05) is 43.0 Å². The Bertz CT molecular complexity index is 901. The summed E-state index contributed by atoms with van der Waals surface area (Å²) >= 11 is 5.92. The molecule has 1 aliphatic rings. The van der Waals surface area contributed by atoms with Crippen molar-refractivity contribution in [3.05, 3.63) is 70.4 Å². The molecule has 30 heavy (non-hydrogen) atoms. The second-order valence-corrected chi connectivity index (χ2v) is 7.94. The molecule has 0 aromatic heterocycles. The molecule has 1 saturated carbocycles. The van der Waals surface area contributed by atoms with E-state index in [2.05, 4.69) is 5.32 Å². The minimum Gasteiger partial charge on any atom is -0.497 e. The van der Waals surface area contributed by atoms with Crippen LogP contribution in [0.5, 0.6) is 5.75 Å². The number of methoxy groups -OCH3 is 1. The first-order chi connectivity index (χ1) is 14.5. The first kappa shape index (κ1) is 21.9. The molecular weight excluding hydrogens is 400 g/mol. The molecule has 158 valence electrons. The molecule has 0 spiro atoms. The molecule has 6 heteroatoms. The predicted molar refractivity (Wildman–Crippen MR) is 120 cm³/mol. The summed E-state index contributed by atoms with van der Waals surface area (Å²) in [6.07, 6.45) is 7.13. The average Bonchev–Trinajstić information content (AvgIpc) is 2.79. The van der Waals surface area contributed by atoms with E-state index in [0.29, 0.717) is 10.6 Å². The Labute approximate surface area is 182 Å². The molecular formula is C24H27ClN2O3. The van der Waals surface area contributed by atoms with Crippen molar-refractivity contribution in [1.29, 1.82) is 0 Å². The maximum Gasteiger partial charge on any atom is 0.270 e. The molecule has 2 aromatic rings. The van der Waals surface area contributed by atoms with E-state index in [1.807, 2.05) is 31.3 Å². The van der Waals surface area contributed by atoms with Gasteiger partial charge in [0.25, 0.3) is 11.8 Å². The van der Waals surface area contributed by atoms with Crippen LogP contribution in [0.25, 0.3) is 6.08 Å². The number of benzene rings is 2. The van der Waals surface area contributed by atoms with Crippen LogP contribution in [-0.2, 0) is 4.79 Å². The van der Waals surface area contributed by atoms with E-state index in [4.69, 9.17) is 16.3 Å². The van der Waals surface area contributed by atoms with Crippen molar-refractivity contribution >= 4 is 29.5 Å². The molecule has 2 aromatic carbocycles. The molecule has 0 radical (unpaired) electrons. The Morgan fingerprint density at radius 3 is 2.27 bits per heavy atom. The summed E-state index contributed by atoms with van der Waals surface area (Å²) in [5.74, 6) is 0.182. The summed E-state index contributed by atoms with van der Waals surface area (Å²) < 4.78 is 5.19. The van der Waals surface area contributed by atoms with E-state index >= 15 is 0 Å². The highest BCUT2D eigenvalue weighted by atomic mass is 35.5. The van der Waals surface area contributed by atoms with Crippen molar-refractivity contribution in [3.8, 4) is 5.75 Å². The van der Waals surface area contributed by atoms with Crippen LogP contribution in [0.4, 0.5) is 0 Å². The van der Waals surface area contributed by atoms with E-state index < -0.39 is 0 Å². The number of ether oxygens (including phenoxy) is 1. The summed E-state index contributed by atoms with van der Waals surface area (Å²) in [5, 5.41) is 3.36. The highest BCUT2D eigenvalue weighted by molar-refractivity contribution is 6.30. The van der Waals surface area contributed by atoms with Crippen LogP contribution >= 0.6 is 11.6 Å². The van der Waals surface area contributed by atoms with Crippen LogP contribution in [0.1, 0.15) is 48.0 Å². The van der Waals surface area contributed by atoms with Gasteiger partial charge in [-0.3, -0.25) is 9.59 Å². The molecule has 5 nitrogen and oxygen atoms in total. The van der Waals surface area contributed by atoms with Crippen molar-refractivity contribution in [2.24, 2.45) is 0 Å². The lowest BCUT2D eigenvalue weighted by Gasteiger charge is -2.32. The molecule has 0 saturated heterocycles. The number of hydrogen-bond donors (Lipinski definition) is 1. The van der Waals surface area contributed by atoms with Gasteiger partial charge in [-0.25, -0.2) is 0 Å². The number of carbonyl (C=O) groups excluding carboxylic acids is 2. The Kier molecular flexibility index (Phi) is 7.52. The molecule has 0 aliphatic heterocycles. The van der Waals surface area contributed by atoms with Crippen LogP contribution in [0, 0.1) is 0 Å². The largest absolute Gasteiger partial charge is 0.497 e. The zero-order valence-corrected chi connectivity index (χ0v) is 18.1. The standard InChI is InChI=1S/C24H27ClN2O3/c1-27(20-6-4-3-5-7-20)24(29)22(16-17-8-14-21(30-2)15-9-17)26-23(28)18-10-12-19(25)13-11-18/h8-16,20H,3-7H2,1-2H3,(H,26,28)/b22-16+. The molecule has 1 N–H and O–H groups in total. The normalized spacial score (nSPS) is 14.8. The van der Waals surface area contributed by atoms with Crippen molar-refractivity contribution in [3.63, 3.8) is 0 Å². The van der Waals surface area contributed by atoms with Crippen molar-refractivity contribution in [2.75, 3.05) is 14.2 Å². The number of likely N-dealkylation sites (N-methyl/N-ethyl adjacent to an activating group) is 1. The molecule has 1 fully saturated rings. The number of rotatable bonds is 6. The van der Waals surface area contributed by atoms with Gasteiger partial charge in [0, 0.05) is 23.7 Å². The lowest BCUT2D eigenvalue weighted by atomic mass is 9.94. The van der Waals surface area contributed by atoms with Gasteiger partial charge in [0.2, 0.25) is 0 Å². The van der Waals surface area contributed by atoms with Gasteiger partial charge in [-0.2, -0.15) is 0 Å². The van der Waals surface area contributed by atoms with Gasteiger partial charge < -0.3 is 15.0 Å². The Hall–Kier alpha value is -2.79. The number of carbonyl (C=O) groups is 2. The Morgan fingerprint density at radius 2 is 1.67 bits per heavy atom. The summed E-state index contributed by atoms with van der Waals surface area (Å²) in [6.45, 7) is 0. The fourth-order valence-electron chi connectivity index (χ4n) is 3.64. The minimum absolute atomic E-state index is 0.193. The van der Waals surface area contributed by atoms with Gasteiger partial charge in [0.1, 0.15) is 11.4 Å². The Morgan fingerprint density at radius 1 is 1.03 bits per heavy atom. The minimum atomic E-state index is -0.350. The molecule has 0 atom stereocenters.